The van der Waals surface area contributed by atoms with Crippen LogP contribution in [0.1, 0.15) is 43.7 Å². The Balaban J connectivity index is 2.26. The first kappa shape index (κ1) is 10.7. The first-order valence-corrected chi connectivity index (χ1v) is 6.10. The molecule has 0 unspecified atom stereocenters. The Morgan fingerprint density at radius 1 is 1.33 bits per heavy atom. The lowest BCUT2D eigenvalue weighted by atomic mass is 9.62. The molecule has 0 bridgehead atoms. The first-order valence-electron chi connectivity index (χ1n) is 6.10. The Kier molecular flexibility index (Phi) is 3.11. The van der Waals surface area contributed by atoms with Crippen molar-refractivity contribution in [3.63, 3.8) is 0 Å². The Bertz CT molecular complexity index is 326. The number of hydrogen-bond donors (Lipinski definition) is 1. The monoisotopic (exact) mass is 203 g/mol. The molecule has 15 heavy (non-hydrogen) atoms. The van der Waals surface area contributed by atoms with Gasteiger partial charge >= 0.3 is 0 Å². The molecule has 0 saturated heterocycles. The molecule has 0 radical (unpaired) electrons. The molecule has 1 heteroatoms. The molecule has 0 atom stereocenters. The molecule has 0 spiro atoms. The van der Waals surface area contributed by atoms with Crippen molar-refractivity contribution in [1.29, 1.82) is 0 Å². The van der Waals surface area contributed by atoms with Gasteiger partial charge in [-0.2, -0.15) is 0 Å². The molecule has 1 saturated carbocycles. The van der Waals surface area contributed by atoms with Gasteiger partial charge in [-0.15, -0.1) is 0 Å². The third-order valence-corrected chi connectivity index (χ3v) is 3.88. The zero-order chi connectivity index (χ0) is 10.7. The number of hydrogen-bond acceptors (Lipinski definition) is 1. The molecule has 0 aliphatic heterocycles. The van der Waals surface area contributed by atoms with E-state index in [0.29, 0.717) is 5.41 Å². The van der Waals surface area contributed by atoms with Crippen molar-refractivity contribution in [3.8, 4) is 0 Å². The van der Waals surface area contributed by atoms with Crippen molar-refractivity contribution in [3.05, 3.63) is 35.4 Å². The van der Waals surface area contributed by atoms with Gasteiger partial charge in [0, 0.05) is 0 Å². The van der Waals surface area contributed by atoms with Gasteiger partial charge in [-0.1, -0.05) is 37.6 Å². The summed E-state index contributed by atoms with van der Waals surface area (Å²) in [6.07, 6.45) is 6.32. The molecule has 1 aromatic rings. The van der Waals surface area contributed by atoms with Crippen molar-refractivity contribution in [2.45, 2.75) is 44.4 Å². The summed E-state index contributed by atoms with van der Waals surface area (Å²) in [4.78, 5) is 0. The topological polar surface area (TPSA) is 26.0 Å². The fraction of sp³-hybridized carbons (Fsp3) is 0.571. The summed E-state index contributed by atoms with van der Waals surface area (Å²) in [6.45, 7) is 3.03. The summed E-state index contributed by atoms with van der Waals surface area (Å²) in [7, 11) is 0. The predicted octanol–water partition coefficient (Wildman–Crippen LogP) is 3.02. The highest BCUT2D eigenvalue weighted by atomic mass is 14.6. The third kappa shape index (κ3) is 1.93. The predicted molar refractivity (Wildman–Crippen MR) is 65.0 cm³/mol. The van der Waals surface area contributed by atoms with E-state index >= 15 is 0 Å². The maximum absolute atomic E-state index is 5.73. The smallest absolute Gasteiger partial charge is 0.00349 e. The molecule has 1 aliphatic rings. The van der Waals surface area contributed by atoms with Gasteiger partial charge in [0.2, 0.25) is 0 Å². The standard InChI is InChI=1S/C14H21N/c1-2-12-5-3-6-13(11-12)14(9-10-15)7-4-8-14/h3,5-6,11H,2,4,7-10,15H2,1H3. The van der Waals surface area contributed by atoms with Gasteiger partial charge in [-0.3, -0.25) is 0 Å². The van der Waals surface area contributed by atoms with Gasteiger partial charge in [-0.05, 0) is 48.8 Å². The van der Waals surface area contributed by atoms with Crippen LogP contribution < -0.4 is 5.73 Å². The van der Waals surface area contributed by atoms with Crippen molar-refractivity contribution in [2.24, 2.45) is 5.73 Å². The highest BCUT2D eigenvalue weighted by Crippen LogP contribution is 2.46. The lowest BCUT2D eigenvalue weighted by molar-refractivity contribution is 0.229. The first-order chi connectivity index (χ1) is 7.30. The van der Waals surface area contributed by atoms with E-state index in [-0.39, 0.29) is 0 Å². The van der Waals surface area contributed by atoms with Crippen molar-refractivity contribution in [2.75, 3.05) is 6.54 Å². The van der Waals surface area contributed by atoms with Crippen LogP contribution in [0.15, 0.2) is 24.3 Å². The van der Waals surface area contributed by atoms with E-state index in [1.54, 1.807) is 0 Å². The lowest BCUT2D eigenvalue weighted by Gasteiger charge is -2.42. The van der Waals surface area contributed by atoms with Gasteiger partial charge in [0.25, 0.3) is 0 Å². The highest BCUT2D eigenvalue weighted by molar-refractivity contribution is 5.32. The van der Waals surface area contributed by atoms with Crippen molar-refractivity contribution in [1.82, 2.24) is 0 Å². The minimum absolute atomic E-state index is 0.430. The minimum Gasteiger partial charge on any atom is -0.330 e. The Hall–Kier alpha value is -0.820. The van der Waals surface area contributed by atoms with Gasteiger partial charge in [-0.25, -0.2) is 0 Å². The van der Waals surface area contributed by atoms with Crippen LogP contribution in [-0.2, 0) is 11.8 Å². The Morgan fingerprint density at radius 3 is 2.67 bits per heavy atom. The van der Waals surface area contributed by atoms with Gasteiger partial charge in [0.05, 0.1) is 0 Å². The van der Waals surface area contributed by atoms with Crippen molar-refractivity contribution < 1.29 is 0 Å². The molecular formula is C14H21N. The normalized spacial score (nSPS) is 18.5. The van der Waals surface area contributed by atoms with E-state index in [1.807, 2.05) is 0 Å². The van der Waals surface area contributed by atoms with Crippen molar-refractivity contribution >= 4 is 0 Å². The largest absolute Gasteiger partial charge is 0.330 e. The quantitative estimate of drug-likeness (QED) is 0.799. The molecule has 1 aromatic carbocycles. The molecule has 0 heterocycles. The minimum atomic E-state index is 0.430. The second-order valence-electron chi connectivity index (χ2n) is 4.73. The van der Waals surface area contributed by atoms with Crippen LogP contribution in [0.3, 0.4) is 0 Å². The van der Waals surface area contributed by atoms with Crippen LogP contribution in [0, 0.1) is 0 Å². The lowest BCUT2D eigenvalue weighted by Crippen LogP contribution is -2.36. The average molecular weight is 203 g/mol. The summed E-state index contributed by atoms with van der Waals surface area (Å²) in [5.74, 6) is 0. The summed E-state index contributed by atoms with van der Waals surface area (Å²) in [6, 6.07) is 9.09. The maximum Gasteiger partial charge on any atom is -0.00349 e. The van der Waals surface area contributed by atoms with E-state index in [2.05, 4.69) is 31.2 Å². The average Bonchev–Trinajstić information content (AvgIpc) is 2.23. The van der Waals surface area contributed by atoms with E-state index in [1.165, 1.54) is 30.4 Å². The summed E-state index contributed by atoms with van der Waals surface area (Å²) >= 11 is 0. The maximum atomic E-state index is 5.73. The van der Waals surface area contributed by atoms with Crippen LogP contribution in [0.5, 0.6) is 0 Å². The Labute approximate surface area is 92.7 Å². The number of rotatable bonds is 4. The molecule has 82 valence electrons. The number of benzene rings is 1. The molecule has 0 amide bonds. The van der Waals surface area contributed by atoms with Gasteiger partial charge < -0.3 is 5.73 Å². The summed E-state index contributed by atoms with van der Waals surface area (Å²) < 4.78 is 0. The van der Waals surface area contributed by atoms with E-state index in [0.717, 1.165) is 19.4 Å². The number of aryl methyl sites for hydroxylation is 1. The molecule has 1 nitrogen and oxygen atoms in total. The zero-order valence-electron chi connectivity index (χ0n) is 9.63. The third-order valence-electron chi connectivity index (χ3n) is 3.88. The van der Waals surface area contributed by atoms with E-state index in [9.17, 15) is 0 Å². The van der Waals surface area contributed by atoms with Crippen LogP contribution in [-0.4, -0.2) is 6.54 Å². The van der Waals surface area contributed by atoms with E-state index < -0.39 is 0 Å². The van der Waals surface area contributed by atoms with E-state index in [4.69, 9.17) is 5.73 Å². The molecule has 2 rings (SSSR count). The highest BCUT2D eigenvalue weighted by Gasteiger charge is 2.37. The Morgan fingerprint density at radius 2 is 2.13 bits per heavy atom. The van der Waals surface area contributed by atoms with Crippen LogP contribution >= 0.6 is 0 Å². The van der Waals surface area contributed by atoms with Crippen LogP contribution in [0.25, 0.3) is 0 Å². The molecule has 1 fully saturated rings. The number of nitrogens with two attached hydrogens (primary N) is 1. The molecule has 1 aliphatic carbocycles. The molecular weight excluding hydrogens is 182 g/mol. The van der Waals surface area contributed by atoms with Crippen LogP contribution in [0.2, 0.25) is 0 Å². The fourth-order valence-electron chi connectivity index (χ4n) is 2.68. The molecule has 2 N–H and O–H groups in total. The molecule has 0 aromatic heterocycles. The second kappa shape index (κ2) is 4.36. The summed E-state index contributed by atoms with van der Waals surface area (Å²) in [5.41, 5.74) is 9.14. The van der Waals surface area contributed by atoms with Crippen LogP contribution in [0.4, 0.5) is 0 Å². The summed E-state index contributed by atoms with van der Waals surface area (Å²) in [5, 5.41) is 0. The zero-order valence-corrected chi connectivity index (χ0v) is 9.63. The van der Waals surface area contributed by atoms with Gasteiger partial charge in [0.15, 0.2) is 0 Å². The SMILES string of the molecule is CCc1cccc(C2(CCN)CCC2)c1. The fourth-order valence-corrected chi connectivity index (χ4v) is 2.68. The second-order valence-corrected chi connectivity index (χ2v) is 4.73. The van der Waals surface area contributed by atoms with Gasteiger partial charge in [0.1, 0.15) is 0 Å².